The third-order valence-corrected chi connectivity index (χ3v) is 3.80. The van der Waals surface area contributed by atoms with Crippen LogP contribution in [0.25, 0.3) is 0 Å². The van der Waals surface area contributed by atoms with Crippen molar-refractivity contribution in [1.29, 1.82) is 0 Å². The molecule has 0 bridgehead atoms. The molecule has 1 atom stereocenters. The van der Waals surface area contributed by atoms with Crippen LogP contribution in [0.2, 0.25) is 0 Å². The van der Waals surface area contributed by atoms with E-state index in [1.807, 2.05) is 6.92 Å². The first-order valence-corrected chi connectivity index (χ1v) is 7.09. The van der Waals surface area contributed by atoms with Gasteiger partial charge in [0.25, 0.3) is 10.1 Å². The summed E-state index contributed by atoms with van der Waals surface area (Å²) in [5.74, 6) is 0. The number of hydrogen-bond donors (Lipinski definition) is 2. The molecule has 0 fully saturated rings. The standard InChI is InChI=1S/C10H22O4S/c1-2-3-7-10(15(12,13)14)8-5-4-6-9-11/h10-11H,2-9H2,1H3,(H,12,13,14). The molecule has 1 unspecified atom stereocenters. The van der Waals surface area contributed by atoms with Crippen molar-refractivity contribution < 1.29 is 18.1 Å². The average molecular weight is 238 g/mol. The molecule has 0 radical (unpaired) electrons. The number of unbranched alkanes of at least 4 members (excludes halogenated alkanes) is 3. The van der Waals surface area contributed by atoms with Gasteiger partial charge in [0, 0.05) is 6.61 Å². The maximum absolute atomic E-state index is 11.0. The molecule has 0 rings (SSSR count). The third-order valence-electron chi connectivity index (χ3n) is 2.49. The highest BCUT2D eigenvalue weighted by Gasteiger charge is 2.21. The zero-order chi connectivity index (χ0) is 11.7. The fourth-order valence-corrected chi connectivity index (χ4v) is 2.46. The van der Waals surface area contributed by atoms with E-state index in [0.29, 0.717) is 19.3 Å². The molecule has 0 aliphatic heterocycles. The van der Waals surface area contributed by atoms with Crippen LogP contribution in [0, 0.1) is 0 Å². The van der Waals surface area contributed by atoms with Crippen LogP contribution < -0.4 is 0 Å². The number of aliphatic hydroxyl groups is 1. The Morgan fingerprint density at radius 2 is 1.67 bits per heavy atom. The van der Waals surface area contributed by atoms with E-state index in [0.717, 1.165) is 25.7 Å². The quantitative estimate of drug-likeness (QED) is 0.476. The topological polar surface area (TPSA) is 74.6 Å². The minimum atomic E-state index is -3.89. The van der Waals surface area contributed by atoms with E-state index in [-0.39, 0.29) is 6.61 Å². The van der Waals surface area contributed by atoms with Gasteiger partial charge in [-0.2, -0.15) is 8.42 Å². The van der Waals surface area contributed by atoms with Gasteiger partial charge >= 0.3 is 0 Å². The van der Waals surface area contributed by atoms with Crippen molar-refractivity contribution in [3.8, 4) is 0 Å². The molecule has 0 saturated heterocycles. The van der Waals surface area contributed by atoms with Crippen LogP contribution in [0.1, 0.15) is 51.9 Å². The van der Waals surface area contributed by atoms with Crippen LogP contribution in [0.15, 0.2) is 0 Å². The van der Waals surface area contributed by atoms with E-state index >= 15 is 0 Å². The number of aliphatic hydroxyl groups excluding tert-OH is 1. The molecule has 0 spiro atoms. The molecule has 0 aliphatic rings. The highest BCUT2D eigenvalue weighted by Crippen LogP contribution is 2.16. The van der Waals surface area contributed by atoms with Gasteiger partial charge in [0.1, 0.15) is 0 Å². The Labute approximate surface area is 92.4 Å². The highest BCUT2D eigenvalue weighted by atomic mass is 32.2. The summed E-state index contributed by atoms with van der Waals surface area (Å²) in [6.07, 6.45) is 5.05. The lowest BCUT2D eigenvalue weighted by Crippen LogP contribution is -2.20. The Hall–Kier alpha value is -0.130. The van der Waals surface area contributed by atoms with Crippen molar-refractivity contribution >= 4 is 10.1 Å². The van der Waals surface area contributed by atoms with Crippen molar-refractivity contribution in [3.63, 3.8) is 0 Å². The van der Waals surface area contributed by atoms with Crippen molar-refractivity contribution in [1.82, 2.24) is 0 Å². The first-order valence-electron chi connectivity index (χ1n) is 5.59. The van der Waals surface area contributed by atoms with Gasteiger partial charge in [0.05, 0.1) is 5.25 Å². The molecule has 5 heteroatoms. The molecule has 0 saturated carbocycles. The minimum Gasteiger partial charge on any atom is -0.396 e. The van der Waals surface area contributed by atoms with E-state index in [4.69, 9.17) is 9.66 Å². The molecule has 92 valence electrons. The second-order valence-corrected chi connectivity index (χ2v) is 5.55. The monoisotopic (exact) mass is 238 g/mol. The van der Waals surface area contributed by atoms with E-state index in [2.05, 4.69) is 0 Å². The fraction of sp³-hybridized carbons (Fsp3) is 1.00. The third kappa shape index (κ3) is 7.76. The minimum absolute atomic E-state index is 0.144. The lowest BCUT2D eigenvalue weighted by atomic mass is 10.1. The summed E-state index contributed by atoms with van der Waals surface area (Å²) in [5.41, 5.74) is 0. The molecule has 15 heavy (non-hydrogen) atoms. The first kappa shape index (κ1) is 14.9. The predicted molar refractivity (Wildman–Crippen MR) is 60.4 cm³/mol. The number of rotatable bonds is 9. The summed E-state index contributed by atoms with van der Waals surface area (Å²) in [4.78, 5) is 0. The van der Waals surface area contributed by atoms with Crippen LogP contribution >= 0.6 is 0 Å². The average Bonchev–Trinajstić information content (AvgIpc) is 2.15. The smallest absolute Gasteiger partial charge is 0.267 e. The Bertz CT molecular complexity index is 236. The summed E-state index contributed by atoms with van der Waals surface area (Å²) in [6, 6.07) is 0. The van der Waals surface area contributed by atoms with Crippen LogP contribution in [0.3, 0.4) is 0 Å². The van der Waals surface area contributed by atoms with E-state index in [1.54, 1.807) is 0 Å². The van der Waals surface area contributed by atoms with Gasteiger partial charge < -0.3 is 5.11 Å². The zero-order valence-corrected chi connectivity index (χ0v) is 10.2. The molecule has 2 N–H and O–H groups in total. The molecule has 0 aromatic carbocycles. The van der Waals surface area contributed by atoms with Gasteiger partial charge in [-0.05, 0) is 19.3 Å². The Morgan fingerprint density at radius 3 is 2.13 bits per heavy atom. The Kier molecular flexibility index (Phi) is 8.00. The number of hydrogen-bond acceptors (Lipinski definition) is 3. The van der Waals surface area contributed by atoms with Crippen molar-refractivity contribution in [2.24, 2.45) is 0 Å². The van der Waals surface area contributed by atoms with Crippen LogP contribution in [0.5, 0.6) is 0 Å². The van der Waals surface area contributed by atoms with Gasteiger partial charge in [0.15, 0.2) is 0 Å². The molecule has 0 aliphatic carbocycles. The second-order valence-electron chi connectivity index (χ2n) is 3.85. The Balaban J connectivity index is 3.92. The second kappa shape index (κ2) is 8.07. The van der Waals surface area contributed by atoms with Crippen molar-refractivity contribution in [2.75, 3.05) is 6.61 Å². The van der Waals surface area contributed by atoms with E-state index in [1.165, 1.54) is 0 Å². The van der Waals surface area contributed by atoms with Gasteiger partial charge in [-0.25, -0.2) is 0 Å². The lowest BCUT2D eigenvalue weighted by molar-refractivity contribution is 0.282. The van der Waals surface area contributed by atoms with Crippen LogP contribution in [-0.2, 0) is 10.1 Å². The maximum atomic E-state index is 11.0. The van der Waals surface area contributed by atoms with E-state index in [9.17, 15) is 8.42 Å². The first-order chi connectivity index (χ1) is 7.02. The molecule has 0 heterocycles. The summed E-state index contributed by atoms with van der Waals surface area (Å²) >= 11 is 0. The van der Waals surface area contributed by atoms with E-state index < -0.39 is 15.4 Å². The van der Waals surface area contributed by atoms with Crippen LogP contribution in [-0.4, -0.2) is 29.9 Å². The van der Waals surface area contributed by atoms with Gasteiger partial charge in [-0.15, -0.1) is 0 Å². The van der Waals surface area contributed by atoms with Crippen molar-refractivity contribution in [3.05, 3.63) is 0 Å². The molecule has 4 nitrogen and oxygen atoms in total. The predicted octanol–water partition coefficient (Wildman–Crippen LogP) is 1.99. The Morgan fingerprint density at radius 1 is 1.07 bits per heavy atom. The normalized spacial score (nSPS) is 14.1. The zero-order valence-electron chi connectivity index (χ0n) is 9.35. The fourth-order valence-electron chi connectivity index (χ4n) is 1.53. The molecular formula is C10H22O4S. The summed E-state index contributed by atoms with van der Waals surface area (Å²) < 4.78 is 31.0. The lowest BCUT2D eigenvalue weighted by Gasteiger charge is -2.12. The van der Waals surface area contributed by atoms with Crippen molar-refractivity contribution in [2.45, 2.75) is 57.1 Å². The summed E-state index contributed by atoms with van der Waals surface area (Å²) in [7, 11) is -3.89. The molecule has 0 aromatic rings. The van der Waals surface area contributed by atoms with Gasteiger partial charge in [-0.3, -0.25) is 4.55 Å². The molecule has 0 aromatic heterocycles. The highest BCUT2D eigenvalue weighted by molar-refractivity contribution is 7.86. The summed E-state index contributed by atoms with van der Waals surface area (Å²) in [6.45, 7) is 2.14. The van der Waals surface area contributed by atoms with Gasteiger partial charge in [0.2, 0.25) is 0 Å². The largest absolute Gasteiger partial charge is 0.396 e. The van der Waals surface area contributed by atoms with Gasteiger partial charge in [-0.1, -0.05) is 32.6 Å². The molecule has 0 amide bonds. The van der Waals surface area contributed by atoms with Crippen LogP contribution in [0.4, 0.5) is 0 Å². The SMILES string of the molecule is CCCCC(CCCCCO)S(=O)(=O)O. The maximum Gasteiger partial charge on any atom is 0.267 e. The summed E-state index contributed by atoms with van der Waals surface area (Å²) in [5, 5.41) is 7.95. The molecular weight excluding hydrogens is 216 g/mol.